The van der Waals surface area contributed by atoms with Gasteiger partial charge in [0.15, 0.2) is 18.9 Å². The van der Waals surface area contributed by atoms with Gasteiger partial charge < -0.3 is 9.90 Å². The van der Waals surface area contributed by atoms with E-state index in [2.05, 4.69) is 13.8 Å². The van der Waals surface area contributed by atoms with Gasteiger partial charge in [-0.15, -0.1) is 0 Å². The maximum atomic E-state index is 10.3. The number of hydrogen-bond donors (Lipinski definition) is 0. The van der Waals surface area contributed by atoms with Crippen molar-refractivity contribution in [1.82, 2.24) is 0 Å². The molecule has 1 rings (SSSR count). The molecule has 79 valence electrons. The van der Waals surface area contributed by atoms with Gasteiger partial charge >= 0.3 is 0 Å². The SMILES string of the molecule is CCC(C)c1cc[n+](CC(=O)[O-])cc1.[Y]. The third-order valence-electron chi connectivity index (χ3n) is 2.41. The Hall–Kier alpha value is -0.276. The number of carboxylic acids is 1. The molecular weight excluding hydrogens is 267 g/mol. The number of carbonyl (C=O) groups excluding carboxylic acids is 1. The van der Waals surface area contributed by atoms with E-state index in [0.29, 0.717) is 5.92 Å². The summed E-state index contributed by atoms with van der Waals surface area (Å²) in [5.74, 6) is -0.543. The Morgan fingerprint density at radius 3 is 2.40 bits per heavy atom. The van der Waals surface area contributed by atoms with Crippen LogP contribution in [0.25, 0.3) is 0 Å². The van der Waals surface area contributed by atoms with Crippen molar-refractivity contribution in [3.05, 3.63) is 30.1 Å². The predicted molar refractivity (Wildman–Crippen MR) is 50.4 cm³/mol. The van der Waals surface area contributed by atoms with Gasteiger partial charge in [-0.25, -0.2) is 0 Å². The molecule has 0 bridgehead atoms. The topological polar surface area (TPSA) is 44.0 Å². The van der Waals surface area contributed by atoms with Gasteiger partial charge in [0.1, 0.15) is 5.97 Å². The average molecular weight is 282 g/mol. The summed E-state index contributed by atoms with van der Waals surface area (Å²) in [6, 6.07) is 3.91. The first-order valence-corrected chi connectivity index (χ1v) is 4.82. The summed E-state index contributed by atoms with van der Waals surface area (Å²) in [5.41, 5.74) is 1.24. The van der Waals surface area contributed by atoms with Crippen LogP contribution in [-0.4, -0.2) is 5.97 Å². The van der Waals surface area contributed by atoms with Crippen molar-refractivity contribution in [2.45, 2.75) is 32.7 Å². The molecule has 1 aromatic heterocycles. The van der Waals surface area contributed by atoms with E-state index >= 15 is 0 Å². The van der Waals surface area contributed by atoms with Crippen molar-refractivity contribution in [2.24, 2.45) is 0 Å². The summed E-state index contributed by atoms with van der Waals surface area (Å²) in [6.07, 6.45) is 4.64. The average Bonchev–Trinajstić information content (AvgIpc) is 2.17. The molecule has 1 radical (unpaired) electrons. The molecule has 0 saturated carbocycles. The predicted octanol–water partition coefficient (Wildman–Crippen LogP) is 0.235. The summed E-state index contributed by atoms with van der Waals surface area (Å²) >= 11 is 0. The molecule has 0 saturated heterocycles. The number of aromatic nitrogens is 1. The molecule has 0 aliphatic heterocycles. The number of nitrogens with zero attached hydrogens (tertiary/aromatic N) is 1. The molecule has 0 N–H and O–H groups in total. The number of carbonyl (C=O) groups is 1. The molecule has 0 aliphatic carbocycles. The summed E-state index contributed by atoms with van der Waals surface area (Å²) in [5, 5.41) is 10.3. The third kappa shape index (κ3) is 4.85. The van der Waals surface area contributed by atoms with Gasteiger partial charge in [0.25, 0.3) is 0 Å². The van der Waals surface area contributed by atoms with Crippen LogP contribution in [0.3, 0.4) is 0 Å². The minimum atomic E-state index is -1.06. The number of rotatable bonds is 4. The second-order valence-electron chi connectivity index (χ2n) is 3.49. The van der Waals surface area contributed by atoms with Crippen LogP contribution in [0, 0.1) is 0 Å². The zero-order valence-electron chi connectivity index (χ0n) is 9.14. The molecule has 4 heteroatoms. The van der Waals surface area contributed by atoms with Crippen LogP contribution < -0.4 is 9.67 Å². The maximum Gasteiger partial charge on any atom is 0.187 e. The van der Waals surface area contributed by atoms with E-state index in [0.717, 1.165) is 6.42 Å². The van der Waals surface area contributed by atoms with E-state index in [-0.39, 0.29) is 39.3 Å². The monoisotopic (exact) mass is 282 g/mol. The Labute approximate surface area is 115 Å². The molecular formula is C11H15NO2Y. The van der Waals surface area contributed by atoms with Crippen LogP contribution in [0.1, 0.15) is 31.7 Å². The van der Waals surface area contributed by atoms with Crippen molar-refractivity contribution in [1.29, 1.82) is 0 Å². The quantitative estimate of drug-likeness (QED) is 0.742. The van der Waals surface area contributed by atoms with E-state index < -0.39 is 5.97 Å². The molecule has 0 fully saturated rings. The standard InChI is InChI=1S/C11H15NO2.Y/c1-3-9(2)10-4-6-12(7-5-10)8-11(13)14;/h4-7,9H,3,8H2,1-2H3;. The molecule has 0 spiro atoms. The van der Waals surface area contributed by atoms with Crippen molar-refractivity contribution < 1.29 is 47.2 Å². The van der Waals surface area contributed by atoms with E-state index in [1.165, 1.54) is 5.56 Å². The first kappa shape index (κ1) is 14.7. The van der Waals surface area contributed by atoms with Crippen LogP contribution in [-0.2, 0) is 44.0 Å². The molecule has 0 amide bonds. The van der Waals surface area contributed by atoms with Crippen molar-refractivity contribution in [2.75, 3.05) is 0 Å². The largest absolute Gasteiger partial charge is 0.544 e. The van der Waals surface area contributed by atoms with E-state index in [1.807, 2.05) is 12.1 Å². The van der Waals surface area contributed by atoms with Crippen molar-refractivity contribution in [3.8, 4) is 0 Å². The van der Waals surface area contributed by atoms with Crippen LogP contribution >= 0.6 is 0 Å². The molecule has 1 heterocycles. The van der Waals surface area contributed by atoms with E-state index in [9.17, 15) is 9.90 Å². The molecule has 3 nitrogen and oxygen atoms in total. The Bertz CT molecular complexity index is 311. The molecule has 1 atom stereocenters. The number of pyridine rings is 1. The third-order valence-corrected chi connectivity index (χ3v) is 2.41. The van der Waals surface area contributed by atoms with Gasteiger partial charge in [0.2, 0.25) is 0 Å². The molecule has 15 heavy (non-hydrogen) atoms. The van der Waals surface area contributed by atoms with Crippen LogP contribution in [0.15, 0.2) is 24.5 Å². The fraction of sp³-hybridized carbons (Fsp3) is 0.455. The summed E-state index contributed by atoms with van der Waals surface area (Å²) in [6.45, 7) is 4.20. The molecule has 1 aromatic rings. The van der Waals surface area contributed by atoms with Crippen LogP contribution in [0.4, 0.5) is 0 Å². The number of carboxylic acid groups (broad SMARTS) is 1. The molecule has 0 aliphatic rings. The van der Waals surface area contributed by atoms with Gasteiger partial charge in [0, 0.05) is 44.8 Å². The maximum absolute atomic E-state index is 10.3. The zero-order chi connectivity index (χ0) is 10.6. The summed E-state index contributed by atoms with van der Waals surface area (Å²) in [4.78, 5) is 10.3. The van der Waals surface area contributed by atoms with Crippen LogP contribution in [0.5, 0.6) is 0 Å². The molecule has 0 aromatic carbocycles. The normalized spacial score (nSPS) is 11.6. The second kappa shape index (κ2) is 7.07. The summed E-state index contributed by atoms with van der Waals surface area (Å²) in [7, 11) is 0. The van der Waals surface area contributed by atoms with Gasteiger partial charge in [-0.2, -0.15) is 4.57 Å². The van der Waals surface area contributed by atoms with E-state index in [1.54, 1.807) is 17.0 Å². The van der Waals surface area contributed by atoms with Crippen molar-refractivity contribution >= 4 is 5.97 Å². The fourth-order valence-electron chi connectivity index (χ4n) is 1.29. The fourth-order valence-corrected chi connectivity index (χ4v) is 1.29. The minimum absolute atomic E-state index is 0. The van der Waals surface area contributed by atoms with E-state index in [4.69, 9.17) is 0 Å². The number of aliphatic carboxylic acids is 1. The summed E-state index contributed by atoms with van der Waals surface area (Å²) < 4.78 is 1.60. The zero-order valence-corrected chi connectivity index (χ0v) is 12.0. The Morgan fingerprint density at radius 1 is 1.47 bits per heavy atom. The van der Waals surface area contributed by atoms with Crippen molar-refractivity contribution in [3.63, 3.8) is 0 Å². The Kier molecular flexibility index (Phi) is 6.94. The first-order chi connectivity index (χ1) is 6.63. The second-order valence-corrected chi connectivity index (χ2v) is 3.49. The van der Waals surface area contributed by atoms with Crippen LogP contribution in [0.2, 0.25) is 0 Å². The Morgan fingerprint density at radius 2 is 2.00 bits per heavy atom. The minimum Gasteiger partial charge on any atom is -0.544 e. The van der Waals surface area contributed by atoms with Gasteiger partial charge in [-0.3, -0.25) is 0 Å². The van der Waals surface area contributed by atoms with Gasteiger partial charge in [0.05, 0.1) is 0 Å². The number of hydrogen-bond acceptors (Lipinski definition) is 2. The molecule has 1 unspecified atom stereocenters. The van der Waals surface area contributed by atoms with Gasteiger partial charge in [-0.05, 0) is 17.9 Å². The van der Waals surface area contributed by atoms with Gasteiger partial charge in [-0.1, -0.05) is 13.8 Å². The smallest absolute Gasteiger partial charge is 0.187 e. The first-order valence-electron chi connectivity index (χ1n) is 4.82. The Balaban J connectivity index is 0.00000196.